The number of nitrogens with zero attached hydrogens (tertiary/aromatic N) is 2. The molecule has 1 spiro atoms. The molecule has 0 saturated carbocycles. The van der Waals surface area contributed by atoms with Gasteiger partial charge in [-0.25, -0.2) is 4.98 Å². The lowest BCUT2D eigenvalue weighted by molar-refractivity contribution is -0.0825. The molecule has 0 N–H and O–H groups in total. The third-order valence-corrected chi connectivity index (χ3v) is 5.81. The fourth-order valence-corrected chi connectivity index (χ4v) is 4.11. The van der Waals surface area contributed by atoms with Crippen molar-refractivity contribution in [3.63, 3.8) is 0 Å². The molecule has 2 aliphatic heterocycles. The first kappa shape index (κ1) is 17.1. The molecule has 0 radical (unpaired) electrons. The van der Waals surface area contributed by atoms with Crippen molar-refractivity contribution in [2.24, 2.45) is 11.3 Å². The second-order valence-corrected chi connectivity index (χ2v) is 7.17. The van der Waals surface area contributed by atoms with E-state index in [0.29, 0.717) is 30.6 Å². The zero-order valence-electron chi connectivity index (χ0n) is 14.8. The molecule has 6 nitrogen and oxygen atoms in total. The van der Waals surface area contributed by atoms with Crippen LogP contribution in [0.3, 0.4) is 0 Å². The molecule has 4 rings (SSSR count). The Balaban J connectivity index is 1.39. The standard InChI is InChI=1S/C20H24N2O4/c23-19(16-4-11-24-13-16)22-9-5-20(6-10-22)7-12-25-14-17(20)15-26-18-3-1-2-8-21-18/h1-4,8,11,13,17H,5-7,9-10,12,14-15H2/t17-/m0/s1. The molecule has 1 amide bonds. The topological polar surface area (TPSA) is 64.8 Å². The van der Waals surface area contributed by atoms with Crippen molar-refractivity contribution in [1.82, 2.24) is 9.88 Å². The lowest BCUT2D eigenvalue weighted by Crippen LogP contribution is -2.50. The number of amides is 1. The monoisotopic (exact) mass is 356 g/mol. The largest absolute Gasteiger partial charge is 0.477 e. The van der Waals surface area contributed by atoms with Crippen LogP contribution in [-0.4, -0.2) is 48.7 Å². The highest BCUT2D eigenvalue weighted by Crippen LogP contribution is 2.45. The van der Waals surface area contributed by atoms with Gasteiger partial charge in [0.15, 0.2) is 0 Å². The number of carbonyl (C=O) groups excluding carboxylic acids is 1. The van der Waals surface area contributed by atoms with Crippen LogP contribution in [0.2, 0.25) is 0 Å². The second kappa shape index (κ2) is 7.50. The van der Waals surface area contributed by atoms with Crippen molar-refractivity contribution >= 4 is 5.91 Å². The maximum absolute atomic E-state index is 12.5. The van der Waals surface area contributed by atoms with Gasteiger partial charge in [0.2, 0.25) is 5.88 Å². The van der Waals surface area contributed by atoms with E-state index < -0.39 is 0 Å². The summed E-state index contributed by atoms with van der Waals surface area (Å²) in [7, 11) is 0. The van der Waals surface area contributed by atoms with Crippen LogP contribution in [-0.2, 0) is 4.74 Å². The molecule has 0 unspecified atom stereocenters. The van der Waals surface area contributed by atoms with Crippen molar-refractivity contribution in [2.75, 3.05) is 32.9 Å². The average Bonchev–Trinajstić information content (AvgIpc) is 3.23. The van der Waals surface area contributed by atoms with E-state index in [4.69, 9.17) is 13.9 Å². The summed E-state index contributed by atoms with van der Waals surface area (Å²) >= 11 is 0. The van der Waals surface area contributed by atoms with Crippen LogP contribution >= 0.6 is 0 Å². The molecule has 6 heteroatoms. The van der Waals surface area contributed by atoms with Gasteiger partial charge in [-0.1, -0.05) is 6.07 Å². The SMILES string of the molecule is O=C(c1ccoc1)N1CCC2(CCOC[C@H]2COc2ccccn2)CC1. The molecule has 138 valence electrons. The number of piperidine rings is 1. The first-order valence-electron chi connectivity index (χ1n) is 9.20. The van der Waals surface area contributed by atoms with Gasteiger partial charge in [0.05, 0.1) is 25.0 Å². The van der Waals surface area contributed by atoms with E-state index in [9.17, 15) is 4.79 Å². The number of likely N-dealkylation sites (tertiary alicyclic amines) is 1. The van der Waals surface area contributed by atoms with Crippen LogP contribution in [0.15, 0.2) is 47.4 Å². The van der Waals surface area contributed by atoms with Gasteiger partial charge in [0.25, 0.3) is 5.91 Å². The van der Waals surface area contributed by atoms with Gasteiger partial charge in [-0.15, -0.1) is 0 Å². The number of rotatable bonds is 4. The molecule has 0 aliphatic carbocycles. The van der Waals surface area contributed by atoms with E-state index >= 15 is 0 Å². The zero-order valence-corrected chi connectivity index (χ0v) is 14.8. The summed E-state index contributed by atoms with van der Waals surface area (Å²) < 4.78 is 16.7. The van der Waals surface area contributed by atoms with E-state index in [2.05, 4.69) is 4.98 Å². The Morgan fingerprint density at radius 3 is 2.88 bits per heavy atom. The van der Waals surface area contributed by atoms with E-state index in [1.165, 1.54) is 6.26 Å². The molecule has 1 atom stereocenters. The first-order chi connectivity index (χ1) is 12.8. The first-order valence-corrected chi connectivity index (χ1v) is 9.20. The second-order valence-electron chi connectivity index (χ2n) is 7.17. The lowest BCUT2D eigenvalue weighted by Gasteiger charge is -2.48. The molecule has 2 saturated heterocycles. The Kier molecular flexibility index (Phi) is 4.93. The summed E-state index contributed by atoms with van der Waals surface area (Å²) in [5, 5.41) is 0. The number of furan rings is 1. The quantitative estimate of drug-likeness (QED) is 0.843. The summed E-state index contributed by atoms with van der Waals surface area (Å²) in [4.78, 5) is 18.7. The van der Waals surface area contributed by atoms with Crippen LogP contribution < -0.4 is 4.74 Å². The summed E-state index contributed by atoms with van der Waals surface area (Å²) in [6.45, 7) is 3.64. The summed E-state index contributed by atoms with van der Waals surface area (Å²) in [6.07, 6.45) is 7.79. The van der Waals surface area contributed by atoms with Gasteiger partial charge in [0, 0.05) is 37.9 Å². The Morgan fingerprint density at radius 2 is 2.15 bits per heavy atom. The van der Waals surface area contributed by atoms with Crippen molar-refractivity contribution < 1.29 is 18.7 Å². The normalized spacial score (nSPS) is 22.3. The predicted octanol–water partition coefficient (Wildman–Crippen LogP) is 3.01. The third-order valence-electron chi connectivity index (χ3n) is 5.81. The highest BCUT2D eigenvalue weighted by Gasteiger charge is 2.44. The Bertz CT molecular complexity index is 709. The molecule has 2 aromatic rings. The predicted molar refractivity (Wildman–Crippen MR) is 94.9 cm³/mol. The van der Waals surface area contributed by atoms with Crippen LogP contribution in [0.4, 0.5) is 0 Å². The number of pyridine rings is 1. The molecule has 2 fully saturated rings. The van der Waals surface area contributed by atoms with Gasteiger partial charge in [0.1, 0.15) is 6.26 Å². The Hall–Kier alpha value is -2.34. The minimum atomic E-state index is 0.0574. The molecule has 0 aromatic carbocycles. The summed E-state index contributed by atoms with van der Waals surface area (Å²) in [5.74, 6) is 1.03. The van der Waals surface area contributed by atoms with E-state index in [-0.39, 0.29) is 11.3 Å². The van der Waals surface area contributed by atoms with Crippen LogP contribution in [0, 0.1) is 11.3 Å². The number of carbonyl (C=O) groups is 1. The van der Waals surface area contributed by atoms with Crippen molar-refractivity contribution in [2.45, 2.75) is 19.3 Å². The Morgan fingerprint density at radius 1 is 1.27 bits per heavy atom. The Labute approximate surface area is 153 Å². The number of aromatic nitrogens is 1. The number of ether oxygens (including phenoxy) is 2. The van der Waals surface area contributed by atoms with E-state index in [1.54, 1.807) is 18.5 Å². The fraction of sp³-hybridized carbons (Fsp3) is 0.500. The molecule has 2 aromatic heterocycles. The van der Waals surface area contributed by atoms with Gasteiger partial charge < -0.3 is 18.8 Å². The van der Waals surface area contributed by atoms with Gasteiger partial charge in [-0.05, 0) is 36.8 Å². The number of hydrogen-bond acceptors (Lipinski definition) is 5. The number of hydrogen-bond donors (Lipinski definition) is 0. The maximum Gasteiger partial charge on any atom is 0.257 e. The zero-order chi connectivity index (χ0) is 17.8. The maximum atomic E-state index is 12.5. The van der Waals surface area contributed by atoms with Gasteiger partial charge in [-0.3, -0.25) is 4.79 Å². The van der Waals surface area contributed by atoms with E-state index in [1.807, 2.05) is 23.1 Å². The summed E-state index contributed by atoms with van der Waals surface area (Å²) in [5.41, 5.74) is 0.809. The molecular weight excluding hydrogens is 332 g/mol. The molecule has 2 aliphatic rings. The molecule has 4 heterocycles. The lowest BCUT2D eigenvalue weighted by atomic mass is 9.66. The van der Waals surface area contributed by atoms with Crippen LogP contribution in [0.1, 0.15) is 29.6 Å². The smallest absolute Gasteiger partial charge is 0.257 e. The van der Waals surface area contributed by atoms with Crippen LogP contribution in [0.25, 0.3) is 0 Å². The molecular formula is C20H24N2O4. The van der Waals surface area contributed by atoms with Gasteiger partial charge >= 0.3 is 0 Å². The fourth-order valence-electron chi connectivity index (χ4n) is 4.11. The highest BCUT2D eigenvalue weighted by atomic mass is 16.5. The average molecular weight is 356 g/mol. The molecule has 26 heavy (non-hydrogen) atoms. The summed E-state index contributed by atoms with van der Waals surface area (Å²) in [6, 6.07) is 7.41. The van der Waals surface area contributed by atoms with Crippen molar-refractivity contribution in [3.05, 3.63) is 48.6 Å². The third kappa shape index (κ3) is 3.46. The minimum absolute atomic E-state index is 0.0574. The van der Waals surface area contributed by atoms with Crippen molar-refractivity contribution in [1.29, 1.82) is 0 Å². The minimum Gasteiger partial charge on any atom is -0.477 e. The van der Waals surface area contributed by atoms with Crippen LogP contribution in [0.5, 0.6) is 5.88 Å². The van der Waals surface area contributed by atoms with E-state index in [0.717, 1.165) is 39.0 Å². The highest BCUT2D eigenvalue weighted by molar-refractivity contribution is 5.93. The molecule has 0 bridgehead atoms. The van der Waals surface area contributed by atoms with Crippen molar-refractivity contribution in [3.8, 4) is 5.88 Å². The van der Waals surface area contributed by atoms with Gasteiger partial charge in [-0.2, -0.15) is 0 Å².